The number of thioether (sulfide) groups is 1. The molecule has 104 valence electrons. The lowest BCUT2D eigenvalue weighted by Crippen LogP contribution is -2.34. The lowest BCUT2D eigenvalue weighted by atomic mass is 10.1. The van der Waals surface area contributed by atoms with Crippen LogP contribution < -0.4 is 0 Å². The van der Waals surface area contributed by atoms with E-state index >= 15 is 0 Å². The van der Waals surface area contributed by atoms with E-state index in [-0.39, 0.29) is 0 Å². The highest BCUT2D eigenvalue weighted by Crippen LogP contribution is 2.30. The lowest BCUT2D eigenvalue weighted by molar-refractivity contribution is 0.264. The van der Waals surface area contributed by atoms with Crippen molar-refractivity contribution in [2.24, 2.45) is 0 Å². The molecule has 0 N–H and O–H groups in total. The third-order valence-electron chi connectivity index (χ3n) is 4.09. The van der Waals surface area contributed by atoms with E-state index in [4.69, 9.17) is 16.6 Å². The Bertz CT molecular complexity index is 466. The van der Waals surface area contributed by atoms with Gasteiger partial charge in [0.1, 0.15) is 11.0 Å². The molecule has 1 aromatic heterocycles. The van der Waals surface area contributed by atoms with Crippen LogP contribution in [0.2, 0.25) is 5.15 Å². The molecule has 1 aliphatic carbocycles. The number of halogens is 1. The van der Waals surface area contributed by atoms with Crippen LogP contribution in [0.5, 0.6) is 0 Å². The highest BCUT2D eigenvalue weighted by molar-refractivity contribution is 7.99. The van der Waals surface area contributed by atoms with Crippen molar-refractivity contribution in [3.8, 4) is 0 Å². The fraction of sp³-hybridized carbons (Fsp3) is 0.714. The number of aromatic nitrogens is 2. The molecule has 0 radical (unpaired) electrons. The Kier molecular flexibility index (Phi) is 4.30. The van der Waals surface area contributed by atoms with Crippen LogP contribution in [0.1, 0.15) is 42.4 Å². The number of hydrogen-bond acceptors (Lipinski definition) is 4. The molecule has 3 nitrogen and oxygen atoms in total. The Balaban J connectivity index is 1.94. The van der Waals surface area contributed by atoms with E-state index in [2.05, 4.69) is 16.9 Å². The van der Waals surface area contributed by atoms with Gasteiger partial charge >= 0.3 is 0 Å². The first-order chi connectivity index (χ1) is 9.25. The molecule has 0 bridgehead atoms. The predicted octanol–water partition coefficient (Wildman–Crippen LogP) is 3.12. The summed E-state index contributed by atoms with van der Waals surface area (Å²) in [6, 6.07) is 0.324. The first-order valence-corrected chi connectivity index (χ1v) is 8.62. The second kappa shape index (κ2) is 5.98. The SMILES string of the molecule is CN1CCSCC1c1nc(Cl)c2c(n1)CCCCC2. The molecule has 0 amide bonds. The Hall–Kier alpha value is -0.320. The van der Waals surface area contributed by atoms with Gasteiger partial charge in [0.2, 0.25) is 0 Å². The van der Waals surface area contributed by atoms with Gasteiger partial charge in [-0.1, -0.05) is 18.0 Å². The summed E-state index contributed by atoms with van der Waals surface area (Å²) >= 11 is 8.39. The van der Waals surface area contributed by atoms with Gasteiger partial charge in [0.25, 0.3) is 0 Å². The Morgan fingerprint density at radius 2 is 2.05 bits per heavy atom. The van der Waals surface area contributed by atoms with Crippen LogP contribution in [0.4, 0.5) is 0 Å². The fourth-order valence-corrected chi connectivity index (χ4v) is 4.35. The first kappa shape index (κ1) is 13.7. The summed E-state index contributed by atoms with van der Waals surface area (Å²) in [4.78, 5) is 11.8. The first-order valence-electron chi connectivity index (χ1n) is 7.09. The molecule has 3 rings (SSSR count). The van der Waals surface area contributed by atoms with E-state index in [0.29, 0.717) is 11.2 Å². The normalized spacial score (nSPS) is 24.8. The fourth-order valence-electron chi connectivity index (χ4n) is 2.85. The number of hydrogen-bond donors (Lipinski definition) is 0. The molecule has 2 heterocycles. The van der Waals surface area contributed by atoms with Crippen molar-refractivity contribution < 1.29 is 0 Å². The quantitative estimate of drug-likeness (QED) is 0.588. The highest BCUT2D eigenvalue weighted by Gasteiger charge is 2.26. The maximum Gasteiger partial charge on any atom is 0.148 e. The molecule has 1 unspecified atom stereocenters. The summed E-state index contributed by atoms with van der Waals surface area (Å²) in [5.74, 6) is 3.21. The van der Waals surface area contributed by atoms with Gasteiger partial charge < -0.3 is 0 Å². The molecule has 1 aliphatic heterocycles. The van der Waals surface area contributed by atoms with Crippen LogP contribution in [0, 0.1) is 0 Å². The standard InChI is InChI=1S/C14H20ClN3S/c1-18-7-8-19-9-12(18)14-16-11-6-4-2-3-5-10(11)13(15)17-14/h12H,2-9H2,1H3. The predicted molar refractivity (Wildman–Crippen MR) is 81.0 cm³/mol. The van der Waals surface area contributed by atoms with Crippen LogP contribution >= 0.6 is 23.4 Å². The van der Waals surface area contributed by atoms with Gasteiger partial charge in [-0.05, 0) is 32.7 Å². The zero-order chi connectivity index (χ0) is 13.2. The molecule has 1 saturated heterocycles. The van der Waals surface area contributed by atoms with Crippen LogP contribution in [0.25, 0.3) is 0 Å². The van der Waals surface area contributed by atoms with Gasteiger partial charge in [-0.15, -0.1) is 0 Å². The van der Waals surface area contributed by atoms with Gasteiger partial charge in [-0.25, -0.2) is 9.97 Å². The minimum absolute atomic E-state index is 0.324. The molecular formula is C14H20ClN3S. The zero-order valence-corrected chi connectivity index (χ0v) is 12.9. The summed E-state index contributed by atoms with van der Waals surface area (Å²) in [5, 5.41) is 0.700. The molecule has 0 saturated carbocycles. The van der Waals surface area contributed by atoms with Crippen molar-refractivity contribution >= 4 is 23.4 Å². The molecule has 19 heavy (non-hydrogen) atoms. The van der Waals surface area contributed by atoms with Gasteiger partial charge in [-0.2, -0.15) is 11.8 Å². The van der Waals surface area contributed by atoms with E-state index in [1.807, 2.05) is 11.8 Å². The van der Waals surface area contributed by atoms with Crippen LogP contribution in [-0.4, -0.2) is 40.0 Å². The van der Waals surface area contributed by atoms with Gasteiger partial charge in [0.05, 0.1) is 6.04 Å². The summed E-state index contributed by atoms with van der Waals surface area (Å²) in [7, 11) is 2.16. The monoisotopic (exact) mass is 297 g/mol. The third-order valence-corrected chi connectivity index (χ3v) is 5.43. The van der Waals surface area contributed by atoms with Crippen LogP contribution in [0.15, 0.2) is 0 Å². The number of nitrogens with zero attached hydrogens (tertiary/aromatic N) is 3. The molecule has 0 aromatic carbocycles. The maximum absolute atomic E-state index is 6.41. The summed E-state index contributed by atoms with van der Waals surface area (Å²) < 4.78 is 0. The van der Waals surface area contributed by atoms with Crippen molar-refractivity contribution in [3.63, 3.8) is 0 Å². The number of fused-ring (bicyclic) bond motifs is 1. The summed E-state index contributed by atoms with van der Waals surface area (Å²) in [6.45, 7) is 1.10. The van der Waals surface area contributed by atoms with Gasteiger partial charge in [0.15, 0.2) is 0 Å². The number of aryl methyl sites for hydroxylation is 1. The number of rotatable bonds is 1. The summed E-state index contributed by atoms with van der Waals surface area (Å²) in [6.07, 6.45) is 5.84. The molecule has 0 spiro atoms. The molecular weight excluding hydrogens is 278 g/mol. The van der Waals surface area contributed by atoms with Crippen molar-refractivity contribution in [3.05, 3.63) is 22.2 Å². The maximum atomic E-state index is 6.41. The topological polar surface area (TPSA) is 29.0 Å². The van der Waals surface area contributed by atoms with Crippen LogP contribution in [-0.2, 0) is 12.8 Å². The molecule has 1 fully saturated rings. The van der Waals surface area contributed by atoms with Crippen molar-refractivity contribution in [1.29, 1.82) is 0 Å². The molecule has 2 aliphatic rings. The smallest absolute Gasteiger partial charge is 0.148 e. The average molecular weight is 298 g/mol. The second-order valence-corrected chi connectivity index (χ2v) is 6.94. The van der Waals surface area contributed by atoms with E-state index in [0.717, 1.165) is 31.0 Å². The molecule has 1 atom stereocenters. The lowest BCUT2D eigenvalue weighted by Gasteiger charge is -2.31. The largest absolute Gasteiger partial charge is 0.295 e. The van der Waals surface area contributed by atoms with Gasteiger partial charge in [0, 0.05) is 29.3 Å². The zero-order valence-electron chi connectivity index (χ0n) is 11.4. The average Bonchev–Trinajstić information content (AvgIpc) is 2.65. The van der Waals surface area contributed by atoms with Crippen molar-refractivity contribution in [2.45, 2.75) is 38.1 Å². The summed E-state index contributed by atoms with van der Waals surface area (Å²) in [5.41, 5.74) is 2.41. The van der Waals surface area contributed by atoms with E-state index in [1.54, 1.807) is 0 Å². The van der Waals surface area contributed by atoms with Crippen LogP contribution in [0.3, 0.4) is 0 Å². The van der Waals surface area contributed by atoms with E-state index < -0.39 is 0 Å². The third kappa shape index (κ3) is 2.91. The highest BCUT2D eigenvalue weighted by atomic mass is 35.5. The van der Waals surface area contributed by atoms with E-state index in [1.165, 1.54) is 36.3 Å². The van der Waals surface area contributed by atoms with E-state index in [9.17, 15) is 0 Å². The molecule has 5 heteroatoms. The minimum atomic E-state index is 0.324. The Morgan fingerprint density at radius 1 is 1.21 bits per heavy atom. The Morgan fingerprint density at radius 3 is 2.89 bits per heavy atom. The second-order valence-electron chi connectivity index (χ2n) is 5.43. The minimum Gasteiger partial charge on any atom is -0.295 e. The van der Waals surface area contributed by atoms with Crippen molar-refractivity contribution in [1.82, 2.24) is 14.9 Å². The van der Waals surface area contributed by atoms with Crippen molar-refractivity contribution in [2.75, 3.05) is 25.1 Å². The van der Waals surface area contributed by atoms with Gasteiger partial charge in [-0.3, -0.25) is 4.90 Å². The molecule has 1 aromatic rings. The Labute approximate surface area is 124 Å².